The molecule has 2 N–H and O–H groups in total. The lowest BCUT2D eigenvalue weighted by atomic mass is 9.84. The minimum Gasteiger partial charge on any atom is -0.492 e. The van der Waals surface area contributed by atoms with E-state index in [1.807, 2.05) is 12.1 Å². The first-order valence-electron chi connectivity index (χ1n) is 10.3. The van der Waals surface area contributed by atoms with E-state index in [9.17, 15) is 9.59 Å². The number of hydrogen-bond donors (Lipinski definition) is 2. The topological polar surface area (TPSA) is 76.7 Å². The molecule has 0 atom stereocenters. The molecule has 2 amide bonds. The summed E-state index contributed by atoms with van der Waals surface area (Å²) in [4.78, 5) is 23.7. The van der Waals surface area contributed by atoms with Crippen LogP contribution in [0.1, 0.15) is 53.9 Å². The van der Waals surface area contributed by atoms with E-state index in [0.717, 1.165) is 5.75 Å². The zero-order valence-electron chi connectivity index (χ0n) is 16.4. The highest BCUT2D eigenvalue weighted by Crippen LogP contribution is 2.33. The van der Waals surface area contributed by atoms with Gasteiger partial charge < -0.3 is 20.1 Å². The first kappa shape index (κ1) is 19.3. The van der Waals surface area contributed by atoms with Crippen molar-refractivity contribution in [3.05, 3.63) is 53.6 Å². The molecule has 0 spiro atoms. The Balaban J connectivity index is 1.23. The number of hydrogen-bond acceptors (Lipinski definition) is 4. The number of carbonyl (C=O) groups is 2. The third kappa shape index (κ3) is 4.88. The predicted molar refractivity (Wildman–Crippen MR) is 111 cm³/mol. The maximum atomic E-state index is 12.3. The summed E-state index contributed by atoms with van der Waals surface area (Å²) < 4.78 is 11.0. The summed E-state index contributed by atoms with van der Waals surface area (Å²) in [6.45, 7) is 0.778. The van der Waals surface area contributed by atoms with Crippen molar-refractivity contribution in [3.63, 3.8) is 0 Å². The lowest BCUT2D eigenvalue weighted by molar-refractivity contribution is -0.118. The fraction of sp³-hybridized carbons (Fsp3) is 0.391. The molecular formula is C23H26N2O4. The maximum absolute atomic E-state index is 12.3. The van der Waals surface area contributed by atoms with Crippen LogP contribution in [-0.2, 0) is 4.79 Å². The van der Waals surface area contributed by atoms with E-state index in [1.165, 1.54) is 37.7 Å². The van der Waals surface area contributed by atoms with Crippen LogP contribution < -0.4 is 20.1 Å². The SMILES string of the molecule is O=C1COc2ccc(C(=O)NCCOc3ccc(C4CCCCC4)cc3)cc2N1. The summed E-state index contributed by atoms with van der Waals surface area (Å²) in [5.41, 5.74) is 2.38. The van der Waals surface area contributed by atoms with Crippen LogP contribution in [0, 0.1) is 0 Å². The Hall–Kier alpha value is -3.02. The molecule has 1 fully saturated rings. The van der Waals surface area contributed by atoms with Gasteiger partial charge in [0.25, 0.3) is 11.8 Å². The van der Waals surface area contributed by atoms with Gasteiger partial charge in [-0.2, -0.15) is 0 Å². The normalized spacial score (nSPS) is 16.3. The van der Waals surface area contributed by atoms with Gasteiger partial charge in [-0.3, -0.25) is 9.59 Å². The van der Waals surface area contributed by atoms with Gasteiger partial charge in [-0.25, -0.2) is 0 Å². The molecule has 4 rings (SSSR count). The molecule has 0 radical (unpaired) electrons. The van der Waals surface area contributed by atoms with Gasteiger partial charge >= 0.3 is 0 Å². The first-order chi connectivity index (χ1) is 14.2. The van der Waals surface area contributed by atoms with Crippen LogP contribution in [0.5, 0.6) is 11.5 Å². The Kier molecular flexibility index (Phi) is 5.98. The number of fused-ring (bicyclic) bond motifs is 1. The van der Waals surface area contributed by atoms with E-state index >= 15 is 0 Å². The molecule has 6 nitrogen and oxygen atoms in total. The number of carbonyl (C=O) groups excluding carboxylic acids is 2. The molecule has 2 aromatic rings. The van der Waals surface area contributed by atoms with Crippen molar-refractivity contribution in [2.75, 3.05) is 25.1 Å². The van der Waals surface area contributed by atoms with Crippen LogP contribution in [0.15, 0.2) is 42.5 Å². The number of rotatable bonds is 6. The fourth-order valence-corrected chi connectivity index (χ4v) is 3.93. The highest BCUT2D eigenvalue weighted by atomic mass is 16.5. The standard InChI is InChI=1S/C23H26N2O4/c26-22-15-29-21-11-8-18(14-20(21)25-22)23(27)24-12-13-28-19-9-6-17(7-10-19)16-4-2-1-3-5-16/h6-11,14,16H,1-5,12-13,15H2,(H,24,27)(H,25,26). The highest BCUT2D eigenvalue weighted by molar-refractivity contribution is 5.99. The van der Waals surface area contributed by atoms with Gasteiger partial charge in [-0.05, 0) is 54.7 Å². The van der Waals surface area contributed by atoms with Crippen LogP contribution in [0.25, 0.3) is 0 Å². The molecule has 1 heterocycles. The Bertz CT molecular complexity index is 873. The van der Waals surface area contributed by atoms with Crippen LogP contribution >= 0.6 is 0 Å². The molecule has 2 aromatic carbocycles. The average molecular weight is 394 g/mol. The maximum Gasteiger partial charge on any atom is 0.262 e. The number of benzene rings is 2. The molecule has 0 saturated heterocycles. The molecule has 1 aliphatic heterocycles. The number of ether oxygens (including phenoxy) is 2. The quantitative estimate of drug-likeness (QED) is 0.729. The van der Waals surface area contributed by atoms with Crippen LogP contribution in [0.4, 0.5) is 5.69 Å². The monoisotopic (exact) mass is 394 g/mol. The molecule has 1 aliphatic carbocycles. The Morgan fingerprint density at radius 1 is 1.10 bits per heavy atom. The molecule has 152 valence electrons. The van der Waals surface area contributed by atoms with Gasteiger partial charge in [0.15, 0.2) is 6.61 Å². The second-order valence-electron chi connectivity index (χ2n) is 7.56. The van der Waals surface area contributed by atoms with Crippen LogP contribution in [0.3, 0.4) is 0 Å². The molecule has 2 aliphatic rings. The lowest BCUT2D eigenvalue weighted by Gasteiger charge is -2.22. The fourth-order valence-electron chi connectivity index (χ4n) is 3.93. The van der Waals surface area contributed by atoms with Crippen molar-refractivity contribution in [2.45, 2.75) is 38.0 Å². The summed E-state index contributed by atoms with van der Waals surface area (Å²) in [5.74, 6) is 1.62. The van der Waals surface area contributed by atoms with Gasteiger partial charge in [0.1, 0.15) is 18.1 Å². The molecule has 6 heteroatoms. The molecule has 29 heavy (non-hydrogen) atoms. The van der Waals surface area contributed by atoms with E-state index in [1.54, 1.807) is 18.2 Å². The van der Waals surface area contributed by atoms with Crippen molar-refractivity contribution in [3.8, 4) is 11.5 Å². The highest BCUT2D eigenvalue weighted by Gasteiger charge is 2.18. The zero-order valence-corrected chi connectivity index (χ0v) is 16.4. The van der Waals surface area contributed by atoms with Gasteiger partial charge in [0.05, 0.1) is 12.2 Å². The van der Waals surface area contributed by atoms with Gasteiger partial charge in [-0.15, -0.1) is 0 Å². The number of anilines is 1. The van der Waals surface area contributed by atoms with E-state index < -0.39 is 0 Å². The Morgan fingerprint density at radius 3 is 2.69 bits per heavy atom. The summed E-state index contributed by atoms with van der Waals surface area (Å²) >= 11 is 0. The van der Waals surface area contributed by atoms with E-state index in [2.05, 4.69) is 22.8 Å². The lowest BCUT2D eigenvalue weighted by Crippen LogP contribution is -2.29. The van der Waals surface area contributed by atoms with Gasteiger partial charge in [0, 0.05) is 5.56 Å². The second-order valence-corrected chi connectivity index (χ2v) is 7.56. The Labute approximate surface area is 170 Å². The van der Waals surface area contributed by atoms with Gasteiger partial charge in [-0.1, -0.05) is 31.4 Å². The minimum atomic E-state index is -0.224. The largest absolute Gasteiger partial charge is 0.492 e. The molecular weight excluding hydrogens is 368 g/mol. The molecule has 1 saturated carbocycles. The zero-order chi connectivity index (χ0) is 20.1. The average Bonchev–Trinajstić information content (AvgIpc) is 2.77. The molecule has 0 aromatic heterocycles. The van der Waals surface area contributed by atoms with Crippen LogP contribution in [-0.4, -0.2) is 31.6 Å². The van der Waals surface area contributed by atoms with Crippen molar-refractivity contribution in [1.82, 2.24) is 5.32 Å². The second kappa shape index (κ2) is 8.99. The minimum absolute atomic E-state index is 0.00246. The first-order valence-corrected chi connectivity index (χ1v) is 10.3. The van der Waals surface area contributed by atoms with E-state index in [0.29, 0.717) is 36.1 Å². The molecule has 0 bridgehead atoms. The van der Waals surface area contributed by atoms with Crippen LogP contribution in [0.2, 0.25) is 0 Å². The summed E-state index contributed by atoms with van der Waals surface area (Å²) in [5, 5.41) is 5.54. The number of amides is 2. The van der Waals surface area contributed by atoms with E-state index in [-0.39, 0.29) is 18.4 Å². The van der Waals surface area contributed by atoms with Crippen molar-refractivity contribution in [2.24, 2.45) is 0 Å². The summed E-state index contributed by atoms with van der Waals surface area (Å²) in [7, 11) is 0. The van der Waals surface area contributed by atoms with Crippen molar-refractivity contribution < 1.29 is 19.1 Å². The van der Waals surface area contributed by atoms with E-state index in [4.69, 9.17) is 9.47 Å². The smallest absolute Gasteiger partial charge is 0.262 e. The van der Waals surface area contributed by atoms with Gasteiger partial charge in [0.2, 0.25) is 0 Å². The summed E-state index contributed by atoms with van der Waals surface area (Å²) in [6, 6.07) is 13.3. The third-order valence-electron chi connectivity index (χ3n) is 5.49. The predicted octanol–water partition coefficient (Wildman–Crippen LogP) is 3.87. The third-order valence-corrected chi connectivity index (χ3v) is 5.49. The Morgan fingerprint density at radius 2 is 1.90 bits per heavy atom. The molecule has 0 unspecified atom stereocenters. The van der Waals surface area contributed by atoms with Crippen molar-refractivity contribution in [1.29, 1.82) is 0 Å². The van der Waals surface area contributed by atoms with Crippen molar-refractivity contribution >= 4 is 17.5 Å². The number of nitrogens with one attached hydrogen (secondary N) is 2. The summed E-state index contributed by atoms with van der Waals surface area (Å²) in [6.07, 6.45) is 6.57.